The van der Waals surface area contributed by atoms with E-state index in [0.717, 1.165) is 16.5 Å². The van der Waals surface area contributed by atoms with Crippen LogP contribution in [0.25, 0.3) is 10.9 Å². The molecule has 0 saturated carbocycles. The number of aryl methyl sites for hydroxylation is 1. The van der Waals surface area contributed by atoms with E-state index >= 15 is 0 Å². The summed E-state index contributed by atoms with van der Waals surface area (Å²) < 4.78 is 0. The minimum atomic E-state index is -1.19. The van der Waals surface area contributed by atoms with Crippen molar-refractivity contribution >= 4 is 71.5 Å². The van der Waals surface area contributed by atoms with E-state index in [1.807, 2.05) is 60.7 Å². The van der Waals surface area contributed by atoms with Crippen molar-refractivity contribution in [1.82, 2.24) is 20.5 Å². The lowest BCUT2D eigenvalue weighted by Crippen LogP contribution is -2.50. The number of rotatable bonds is 8. The Bertz CT molecular complexity index is 1350. The zero-order valence-corrected chi connectivity index (χ0v) is 25.3. The molecule has 2 aromatic carbocycles. The first-order valence-corrected chi connectivity index (χ1v) is 13.3. The zero-order chi connectivity index (χ0) is 27.4. The number of amides is 3. The fourth-order valence-corrected chi connectivity index (χ4v) is 5.33. The molecule has 5 atom stereocenters. The topological polar surface area (TPSA) is 150 Å². The number of carbonyl (C=O) groups is 3. The maximum Gasteiger partial charge on any atom is 0.249 e. The van der Waals surface area contributed by atoms with Crippen molar-refractivity contribution in [1.29, 1.82) is 0 Å². The molecule has 5 rings (SSSR count). The molecule has 10 nitrogen and oxygen atoms in total. The number of para-hydroxylation sites is 1. The molecule has 2 aliphatic rings. The van der Waals surface area contributed by atoms with Gasteiger partial charge in [-0.3, -0.25) is 19.4 Å². The summed E-state index contributed by atoms with van der Waals surface area (Å²) in [5.74, 6) is -1.09. The number of hydrogen-bond donors (Lipinski definition) is 5. The van der Waals surface area contributed by atoms with Gasteiger partial charge >= 0.3 is 0 Å². The van der Waals surface area contributed by atoms with Gasteiger partial charge in [-0.25, -0.2) is 0 Å². The summed E-state index contributed by atoms with van der Waals surface area (Å²) in [5.41, 5.74) is 8.36. The van der Waals surface area contributed by atoms with Crippen LogP contribution in [0.5, 0.6) is 0 Å². The predicted molar refractivity (Wildman–Crippen MR) is 169 cm³/mol. The number of aliphatic hydroxyl groups excluding tert-OH is 1. The number of anilines is 1. The van der Waals surface area contributed by atoms with Crippen LogP contribution in [0.3, 0.4) is 0 Å². The average Bonchev–Trinajstić information content (AvgIpc) is 3.58. The normalized spacial score (nSPS) is 21.8. The fraction of sp³-hybridized carbons (Fsp3) is 0.379. The number of benzene rings is 2. The second-order valence-electron chi connectivity index (χ2n) is 10.4. The molecule has 3 aromatic rings. The number of hydrogen-bond acceptors (Lipinski definition) is 7. The number of nitrogens with two attached hydrogens (primary N) is 1. The lowest BCUT2D eigenvalue weighted by molar-refractivity contribution is -0.138. The number of carbonyl (C=O) groups excluding carboxylic acids is 3. The summed E-state index contributed by atoms with van der Waals surface area (Å²) in [4.78, 5) is 45.5. The van der Waals surface area contributed by atoms with Crippen molar-refractivity contribution in [2.45, 2.75) is 56.0 Å². The molecule has 2 saturated heterocycles. The van der Waals surface area contributed by atoms with E-state index in [2.05, 4.69) is 20.9 Å². The number of fused-ring (bicyclic) bond motifs is 1. The number of likely N-dealkylation sites (tertiary alicyclic amines) is 1. The van der Waals surface area contributed by atoms with Crippen LogP contribution >= 0.6 is 37.2 Å². The number of nitrogens with zero attached hydrogens (tertiary/aromatic N) is 2. The fourth-order valence-electron chi connectivity index (χ4n) is 5.33. The zero-order valence-electron chi connectivity index (χ0n) is 22.8. The van der Waals surface area contributed by atoms with Crippen molar-refractivity contribution in [2.75, 3.05) is 18.4 Å². The summed E-state index contributed by atoms with van der Waals surface area (Å²) >= 11 is 0. The van der Waals surface area contributed by atoms with E-state index in [9.17, 15) is 19.5 Å². The number of pyridine rings is 1. The standard InChI is InChI=1S/C29H34N6O4.3ClH/c30-20-13-24(31-15-20)29(39)35-17-22(34-28(38)26(36)11-10-18-6-2-1-3-7-18)14-25(35)27(37)33-21-12-19-8-4-5-9-23(19)32-16-21;;;/h1-9,12,16,20,22,24-26,31,36H,10-11,13-15,17,30H2,(H,33,37)(H,34,38);3*1H/t20-,22-,24+,25+,26-;;;/m1.../s1. The second kappa shape index (κ2) is 16.0. The molecule has 2 aliphatic heterocycles. The predicted octanol–water partition coefficient (Wildman–Crippen LogP) is 2.21. The first-order valence-electron chi connectivity index (χ1n) is 13.3. The lowest BCUT2D eigenvalue weighted by Gasteiger charge is -2.26. The van der Waals surface area contributed by atoms with Crippen LogP contribution in [0.4, 0.5) is 5.69 Å². The highest BCUT2D eigenvalue weighted by Gasteiger charge is 2.43. The quantitative estimate of drug-likeness (QED) is 0.254. The highest BCUT2D eigenvalue weighted by Crippen LogP contribution is 2.24. The number of aliphatic hydroxyl groups is 1. The Balaban J connectivity index is 0.00000205. The summed E-state index contributed by atoms with van der Waals surface area (Å²) in [6, 6.07) is 17.2. The third-order valence-corrected chi connectivity index (χ3v) is 7.41. The maximum absolute atomic E-state index is 13.4. The number of nitrogens with one attached hydrogen (secondary N) is 3. The minimum Gasteiger partial charge on any atom is -0.383 e. The Morgan fingerprint density at radius 2 is 1.76 bits per heavy atom. The minimum absolute atomic E-state index is 0. The van der Waals surface area contributed by atoms with Crippen molar-refractivity contribution in [2.24, 2.45) is 5.73 Å². The Morgan fingerprint density at radius 1 is 1.05 bits per heavy atom. The van der Waals surface area contributed by atoms with Gasteiger partial charge in [-0.1, -0.05) is 48.5 Å². The molecular formula is C29H37Cl3N6O4. The third-order valence-electron chi connectivity index (χ3n) is 7.41. The summed E-state index contributed by atoms with van der Waals surface area (Å²) in [5, 5.41) is 20.2. The van der Waals surface area contributed by atoms with E-state index in [4.69, 9.17) is 5.73 Å². The summed E-state index contributed by atoms with van der Waals surface area (Å²) in [6.45, 7) is 0.690. The molecular weight excluding hydrogens is 603 g/mol. The molecule has 2 fully saturated rings. The van der Waals surface area contributed by atoms with Gasteiger partial charge in [0.2, 0.25) is 17.7 Å². The average molecular weight is 640 g/mol. The van der Waals surface area contributed by atoms with Gasteiger partial charge in [0.1, 0.15) is 12.1 Å². The van der Waals surface area contributed by atoms with Crippen LogP contribution in [0.15, 0.2) is 66.9 Å². The van der Waals surface area contributed by atoms with Gasteiger partial charge in [0, 0.05) is 30.6 Å². The van der Waals surface area contributed by atoms with Gasteiger partial charge in [0.15, 0.2) is 0 Å². The third kappa shape index (κ3) is 8.53. The molecule has 42 heavy (non-hydrogen) atoms. The van der Waals surface area contributed by atoms with Crippen LogP contribution in [-0.2, 0) is 20.8 Å². The van der Waals surface area contributed by atoms with Crippen molar-refractivity contribution in [3.05, 3.63) is 72.4 Å². The molecule has 3 amide bonds. The van der Waals surface area contributed by atoms with Gasteiger partial charge < -0.3 is 31.7 Å². The van der Waals surface area contributed by atoms with E-state index in [0.29, 0.717) is 25.1 Å². The smallest absolute Gasteiger partial charge is 0.249 e. The molecule has 13 heteroatoms. The van der Waals surface area contributed by atoms with Crippen LogP contribution in [0.2, 0.25) is 0 Å². The van der Waals surface area contributed by atoms with Gasteiger partial charge in [0.25, 0.3) is 0 Å². The molecule has 3 heterocycles. The maximum atomic E-state index is 13.4. The number of halogens is 3. The highest BCUT2D eigenvalue weighted by atomic mass is 35.5. The molecule has 0 unspecified atom stereocenters. The molecule has 0 aliphatic carbocycles. The molecule has 0 bridgehead atoms. The first kappa shape index (κ1) is 35.2. The van der Waals surface area contributed by atoms with Crippen molar-refractivity contribution in [3.63, 3.8) is 0 Å². The Morgan fingerprint density at radius 3 is 2.48 bits per heavy atom. The highest BCUT2D eigenvalue weighted by molar-refractivity contribution is 5.99. The molecule has 0 spiro atoms. The van der Waals surface area contributed by atoms with Crippen LogP contribution < -0.4 is 21.7 Å². The Labute approximate surface area is 263 Å². The SMILES string of the molecule is Cl.Cl.Cl.N[C@H]1CN[C@H](C(=O)N2C[C@H](NC(=O)[C@H](O)CCc3ccccc3)C[C@H]2C(=O)Nc2cnc3ccccc3c2)C1. The lowest BCUT2D eigenvalue weighted by atomic mass is 10.1. The van der Waals surface area contributed by atoms with Crippen LogP contribution in [0, 0.1) is 0 Å². The van der Waals surface area contributed by atoms with E-state index in [1.54, 1.807) is 6.20 Å². The Hall–Kier alpha value is -2.99. The summed E-state index contributed by atoms with van der Waals surface area (Å²) in [7, 11) is 0. The van der Waals surface area contributed by atoms with Gasteiger partial charge in [-0.2, -0.15) is 0 Å². The van der Waals surface area contributed by atoms with Crippen molar-refractivity contribution in [3.8, 4) is 0 Å². The van der Waals surface area contributed by atoms with Crippen LogP contribution in [0.1, 0.15) is 24.8 Å². The van der Waals surface area contributed by atoms with Crippen LogP contribution in [-0.4, -0.2) is 76.1 Å². The van der Waals surface area contributed by atoms with Gasteiger partial charge in [-0.05, 0) is 43.4 Å². The molecule has 0 radical (unpaired) electrons. The van der Waals surface area contributed by atoms with E-state index in [1.165, 1.54) is 4.90 Å². The van der Waals surface area contributed by atoms with Gasteiger partial charge in [0.05, 0.1) is 23.4 Å². The summed E-state index contributed by atoms with van der Waals surface area (Å²) in [6.07, 6.45) is 1.93. The first-order chi connectivity index (χ1) is 18.9. The largest absolute Gasteiger partial charge is 0.383 e. The van der Waals surface area contributed by atoms with E-state index in [-0.39, 0.29) is 74.5 Å². The second-order valence-corrected chi connectivity index (χ2v) is 10.4. The molecule has 6 N–H and O–H groups in total. The monoisotopic (exact) mass is 638 g/mol. The Kier molecular flexibility index (Phi) is 13.4. The number of aromatic nitrogens is 1. The van der Waals surface area contributed by atoms with Gasteiger partial charge in [-0.15, -0.1) is 37.2 Å². The molecule has 228 valence electrons. The van der Waals surface area contributed by atoms with E-state index < -0.39 is 30.1 Å². The molecule has 1 aromatic heterocycles. The van der Waals surface area contributed by atoms with Crippen molar-refractivity contribution < 1.29 is 19.5 Å².